The molecule has 134 valence electrons. The first-order valence-corrected chi connectivity index (χ1v) is 8.12. The van der Waals surface area contributed by atoms with Crippen LogP contribution in [0.3, 0.4) is 0 Å². The Morgan fingerprint density at radius 3 is 2.64 bits per heavy atom. The van der Waals surface area contributed by atoms with Gasteiger partial charge in [-0.25, -0.2) is 0 Å². The van der Waals surface area contributed by atoms with Crippen molar-refractivity contribution in [3.63, 3.8) is 0 Å². The molecule has 0 saturated heterocycles. The van der Waals surface area contributed by atoms with Crippen molar-refractivity contribution in [2.45, 2.75) is 13.0 Å². The van der Waals surface area contributed by atoms with E-state index in [4.69, 9.17) is 4.42 Å². The third-order valence-corrected chi connectivity index (χ3v) is 4.08. The minimum Gasteiger partial charge on any atom is -0.459 e. The molecule has 6 nitrogen and oxygen atoms in total. The summed E-state index contributed by atoms with van der Waals surface area (Å²) in [4.78, 5) is 18.4. The second-order valence-corrected chi connectivity index (χ2v) is 5.65. The zero-order chi connectivity index (χ0) is 16.8. The summed E-state index contributed by atoms with van der Waals surface area (Å²) in [5.41, 5.74) is 2.76. The summed E-state index contributed by atoms with van der Waals surface area (Å²) in [6.07, 6.45) is 2.51. The number of rotatable bonds is 4. The summed E-state index contributed by atoms with van der Waals surface area (Å²) < 4.78 is 5.06. The Labute approximate surface area is 164 Å². The molecule has 0 aliphatic carbocycles. The number of hydrogen-bond acceptors (Lipinski definition) is 3. The smallest absolute Gasteiger partial charge is 0.287 e. The molecule has 2 N–H and O–H groups in total. The minimum absolute atomic E-state index is 0. The van der Waals surface area contributed by atoms with Crippen molar-refractivity contribution >= 4 is 35.8 Å². The topological polar surface area (TPSA) is 69.9 Å². The summed E-state index contributed by atoms with van der Waals surface area (Å²) in [6.45, 7) is 2.91. The van der Waals surface area contributed by atoms with Crippen LogP contribution in [0.1, 0.15) is 21.7 Å². The lowest BCUT2D eigenvalue weighted by Crippen LogP contribution is -2.46. The summed E-state index contributed by atoms with van der Waals surface area (Å²) in [5.74, 6) is 0.979. The van der Waals surface area contributed by atoms with Gasteiger partial charge in [0.15, 0.2) is 11.7 Å². The SMILES string of the molecule is CN=C(NCCNC(=O)c1ccco1)N1CCc2ccccc2C1.I. The normalized spacial score (nSPS) is 13.6. The van der Waals surface area contributed by atoms with E-state index in [0.717, 1.165) is 25.5 Å². The van der Waals surface area contributed by atoms with Gasteiger partial charge >= 0.3 is 0 Å². The second kappa shape index (κ2) is 9.45. The van der Waals surface area contributed by atoms with E-state index in [1.165, 1.54) is 17.4 Å². The van der Waals surface area contributed by atoms with E-state index in [9.17, 15) is 4.79 Å². The van der Waals surface area contributed by atoms with Crippen LogP contribution in [0, 0.1) is 0 Å². The van der Waals surface area contributed by atoms with Gasteiger partial charge in [0.25, 0.3) is 5.91 Å². The summed E-state index contributed by atoms with van der Waals surface area (Å²) in [6, 6.07) is 11.9. The van der Waals surface area contributed by atoms with Crippen LogP contribution in [0.5, 0.6) is 0 Å². The van der Waals surface area contributed by atoms with E-state index in [1.54, 1.807) is 19.2 Å². The van der Waals surface area contributed by atoms with Crippen molar-refractivity contribution in [2.75, 3.05) is 26.7 Å². The third kappa shape index (κ3) is 4.97. The monoisotopic (exact) mass is 454 g/mol. The van der Waals surface area contributed by atoms with Gasteiger partial charge in [0.05, 0.1) is 6.26 Å². The van der Waals surface area contributed by atoms with Crippen LogP contribution in [0.15, 0.2) is 52.1 Å². The molecule has 1 amide bonds. The molecule has 0 atom stereocenters. The Kier molecular flexibility index (Phi) is 7.30. The average Bonchev–Trinajstić information content (AvgIpc) is 3.16. The highest BCUT2D eigenvalue weighted by Gasteiger charge is 2.18. The highest BCUT2D eigenvalue weighted by molar-refractivity contribution is 14.0. The van der Waals surface area contributed by atoms with Gasteiger partial charge in [-0.3, -0.25) is 9.79 Å². The van der Waals surface area contributed by atoms with Gasteiger partial charge in [0, 0.05) is 33.2 Å². The second-order valence-electron chi connectivity index (χ2n) is 5.65. The van der Waals surface area contributed by atoms with E-state index in [0.29, 0.717) is 18.8 Å². The van der Waals surface area contributed by atoms with Crippen LogP contribution < -0.4 is 10.6 Å². The van der Waals surface area contributed by atoms with Crippen LogP contribution in [0.2, 0.25) is 0 Å². The first kappa shape index (κ1) is 19.3. The highest BCUT2D eigenvalue weighted by atomic mass is 127. The molecule has 0 spiro atoms. The number of amides is 1. The predicted molar refractivity (Wildman–Crippen MR) is 108 cm³/mol. The Bertz CT molecular complexity index is 716. The van der Waals surface area contributed by atoms with Crippen molar-refractivity contribution in [3.8, 4) is 0 Å². The van der Waals surface area contributed by atoms with Gasteiger partial charge in [-0.1, -0.05) is 24.3 Å². The third-order valence-electron chi connectivity index (χ3n) is 4.08. The summed E-state index contributed by atoms with van der Waals surface area (Å²) in [7, 11) is 1.78. The standard InChI is InChI=1S/C18H22N4O2.HI/c1-19-18(21-10-9-20-17(23)16-7-4-12-24-16)22-11-8-14-5-2-3-6-15(14)13-22;/h2-7,12H,8-11,13H2,1H3,(H,19,21)(H,20,23);1H. The lowest BCUT2D eigenvalue weighted by atomic mass is 10.0. The molecule has 0 saturated carbocycles. The number of nitrogens with one attached hydrogen (secondary N) is 2. The lowest BCUT2D eigenvalue weighted by molar-refractivity contribution is 0.0926. The summed E-state index contributed by atoms with van der Waals surface area (Å²) in [5, 5.41) is 6.12. The van der Waals surface area contributed by atoms with Crippen molar-refractivity contribution < 1.29 is 9.21 Å². The molecule has 0 radical (unpaired) electrons. The molecule has 7 heteroatoms. The number of carbonyl (C=O) groups excluding carboxylic acids is 1. The van der Waals surface area contributed by atoms with Crippen LogP contribution in [-0.2, 0) is 13.0 Å². The molecule has 1 aliphatic rings. The number of halogens is 1. The lowest BCUT2D eigenvalue weighted by Gasteiger charge is -2.31. The van der Waals surface area contributed by atoms with E-state index < -0.39 is 0 Å². The number of hydrogen-bond donors (Lipinski definition) is 2. The number of nitrogens with zero attached hydrogens (tertiary/aromatic N) is 2. The fraction of sp³-hybridized carbons (Fsp3) is 0.333. The Morgan fingerprint density at radius 2 is 1.92 bits per heavy atom. The maximum Gasteiger partial charge on any atom is 0.287 e. The predicted octanol–water partition coefficient (Wildman–Crippen LogP) is 2.26. The molecular weight excluding hydrogens is 431 g/mol. The first-order valence-electron chi connectivity index (χ1n) is 8.12. The van der Waals surface area contributed by atoms with Gasteiger partial charge in [0.1, 0.15) is 0 Å². The Hall–Kier alpha value is -2.03. The molecule has 1 aromatic heterocycles. The molecule has 0 unspecified atom stereocenters. The Balaban J connectivity index is 0.00000225. The fourth-order valence-corrected chi connectivity index (χ4v) is 2.85. The average molecular weight is 454 g/mol. The van der Waals surface area contributed by atoms with Crippen LogP contribution in [0.25, 0.3) is 0 Å². The molecule has 1 aromatic carbocycles. The molecule has 1 aliphatic heterocycles. The van der Waals surface area contributed by atoms with Gasteiger partial charge in [-0.2, -0.15) is 0 Å². The Morgan fingerprint density at radius 1 is 1.16 bits per heavy atom. The van der Waals surface area contributed by atoms with Crippen LogP contribution >= 0.6 is 24.0 Å². The van der Waals surface area contributed by atoms with Crippen molar-refractivity contribution in [2.24, 2.45) is 4.99 Å². The van der Waals surface area contributed by atoms with Crippen molar-refractivity contribution in [3.05, 3.63) is 59.5 Å². The van der Waals surface area contributed by atoms with E-state index in [2.05, 4.69) is 44.8 Å². The highest BCUT2D eigenvalue weighted by Crippen LogP contribution is 2.18. The number of benzene rings is 1. The largest absolute Gasteiger partial charge is 0.459 e. The fourth-order valence-electron chi connectivity index (χ4n) is 2.85. The molecule has 2 heterocycles. The van der Waals surface area contributed by atoms with Gasteiger partial charge in [0.2, 0.25) is 0 Å². The zero-order valence-corrected chi connectivity index (χ0v) is 16.5. The number of furan rings is 1. The first-order chi connectivity index (χ1) is 11.8. The number of carbonyl (C=O) groups is 1. The summed E-state index contributed by atoms with van der Waals surface area (Å²) >= 11 is 0. The molecule has 0 bridgehead atoms. The number of aliphatic imine (C=N–C) groups is 1. The maximum atomic E-state index is 11.8. The minimum atomic E-state index is -0.205. The molecule has 3 rings (SSSR count). The molecule has 2 aromatic rings. The maximum absolute atomic E-state index is 11.8. The van der Waals surface area contributed by atoms with Crippen LogP contribution in [0.4, 0.5) is 0 Å². The van der Waals surface area contributed by atoms with Crippen molar-refractivity contribution in [1.29, 1.82) is 0 Å². The van der Waals surface area contributed by atoms with E-state index >= 15 is 0 Å². The quantitative estimate of drug-likeness (QED) is 0.322. The van der Waals surface area contributed by atoms with Gasteiger partial charge < -0.3 is 20.0 Å². The van der Waals surface area contributed by atoms with Crippen molar-refractivity contribution in [1.82, 2.24) is 15.5 Å². The molecule has 25 heavy (non-hydrogen) atoms. The number of fused-ring (bicyclic) bond motifs is 1. The van der Waals surface area contributed by atoms with E-state index in [-0.39, 0.29) is 29.9 Å². The molecule has 0 fully saturated rings. The number of guanidine groups is 1. The zero-order valence-electron chi connectivity index (χ0n) is 14.2. The van der Waals surface area contributed by atoms with E-state index in [1.807, 2.05) is 0 Å². The van der Waals surface area contributed by atoms with Gasteiger partial charge in [-0.15, -0.1) is 24.0 Å². The molecular formula is C18H23IN4O2. The van der Waals surface area contributed by atoms with Crippen LogP contribution in [-0.4, -0.2) is 43.4 Å². The van der Waals surface area contributed by atoms with Gasteiger partial charge in [-0.05, 0) is 29.7 Å².